The second-order valence-electron chi connectivity index (χ2n) is 8.67. The molecule has 1 aliphatic heterocycles. The molecular formula is C28H24FN3O2. The van der Waals surface area contributed by atoms with Crippen LogP contribution in [0.1, 0.15) is 42.7 Å². The van der Waals surface area contributed by atoms with Crippen molar-refractivity contribution in [2.45, 2.75) is 31.6 Å². The minimum atomic E-state index is -0.510. The highest BCUT2D eigenvalue weighted by molar-refractivity contribution is 6.10. The van der Waals surface area contributed by atoms with Crippen LogP contribution in [-0.4, -0.2) is 16.7 Å². The van der Waals surface area contributed by atoms with E-state index in [1.165, 1.54) is 24.3 Å². The van der Waals surface area contributed by atoms with E-state index >= 15 is 0 Å². The van der Waals surface area contributed by atoms with E-state index in [0.29, 0.717) is 35.4 Å². The number of pyridine rings is 1. The van der Waals surface area contributed by atoms with Gasteiger partial charge in [0.25, 0.3) is 5.91 Å². The fourth-order valence-corrected chi connectivity index (χ4v) is 4.92. The van der Waals surface area contributed by atoms with Crippen LogP contribution in [0.15, 0.2) is 102 Å². The topological polar surface area (TPSA) is 71.1 Å². The molecule has 0 bridgehead atoms. The Bertz CT molecular complexity index is 1300. The Labute approximate surface area is 197 Å². The number of halogens is 1. The number of hydrogen-bond acceptors (Lipinski definition) is 4. The van der Waals surface area contributed by atoms with Gasteiger partial charge in [0, 0.05) is 53.0 Å². The molecule has 0 radical (unpaired) electrons. The number of ketones is 1. The minimum absolute atomic E-state index is 0.0315. The maximum Gasteiger partial charge on any atom is 0.254 e. The Morgan fingerprint density at radius 1 is 0.971 bits per heavy atom. The smallest absolute Gasteiger partial charge is 0.254 e. The second-order valence-corrected chi connectivity index (χ2v) is 8.67. The normalized spacial score (nSPS) is 20.0. The SMILES string of the molecule is CC1=C(C(=O)Nc2ccc(F)cc2)[C@@H](c2ccncc2)C2=C(C[C@@H](c3ccccc3)CC2=O)N1. The molecule has 2 N–H and O–H groups in total. The summed E-state index contributed by atoms with van der Waals surface area (Å²) in [6.45, 7) is 1.86. The Kier molecular flexibility index (Phi) is 5.80. The number of benzene rings is 2. The summed E-state index contributed by atoms with van der Waals surface area (Å²) in [6, 6.07) is 19.4. The lowest BCUT2D eigenvalue weighted by molar-refractivity contribution is -0.116. The Morgan fingerprint density at radius 3 is 2.38 bits per heavy atom. The van der Waals surface area contributed by atoms with Gasteiger partial charge in [-0.2, -0.15) is 0 Å². The Balaban J connectivity index is 1.54. The van der Waals surface area contributed by atoms with Gasteiger partial charge in [0.05, 0.1) is 0 Å². The number of rotatable bonds is 4. The van der Waals surface area contributed by atoms with Crippen LogP contribution < -0.4 is 10.6 Å². The van der Waals surface area contributed by atoms with Crippen molar-refractivity contribution in [3.05, 3.63) is 119 Å². The number of dihydropyridines is 1. The highest BCUT2D eigenvalue weighted by atomic mass is 19.1. The maximum absolute atomic E-state index is 13.6. The zero-order chi connectivity index (χ0) is 23.7. The van der Waals surface area contributed by atoms with Crippen LogP contribution in [0.5, 0.6) is 0 Å². The van der Waals surface area contributed by atoms with E-state index in [1.807, 2.05) is 37.3 Å². The van der Waals surface area contributed by atoms with Gasteiger partial charge in [-0.3, -0.25) is 14.6 Å². The highest BCUT2D eigenvalue weighted by Gasteiger charge is 2.40. The molecule has 6 heteroatoms. The summed E-state index contributed by atoms with van der Waals surface area (Å²) in [7, 11) is 0. The summed E-state index contributed by atoms with van der Waals surface area (Å²) in [6.07, 6.45) is 4.42. The van der Waals surface area contributed by atoms with Gasteiger partial charge in [-0.25, -0.2) is 4.39 Å². The van der Waals surface area contributed by atoms with Crippen LogP contribution in [0.2, 0.25) is 0 Å². The molecule has 0 saturated heterocycles. The quantitative estimate of drug-likeness (QED) is 0.568. The van der Waals surface area contributed by atoms with Gasteiger partial charge in [0.15, 0.2) is 5.78 Å². The van der Waals surface area contributed by atoms with Crippen molar-refractivity contribution in [2.75, 3.05) is 5.32 Å². The van der Waals surface area contributed by atoms with Gasteiger partial charge in [-0.1, -0.05) is 30.3 Å². The first-order chi connectivity index (χ1) is 16.5. The lowest BCUT2D eigenvalue weighted by Crippen LogP contribution is -2.37. The highest BCUT2D eigenvalue weighted by Crippen LogP contribution is 2.45. The van der Waals surface area contributed by atoms with Gasteiger partial charge < -0.3 is 10.6 Å². The number of hydrogen-bond donors (Lipinski definition) is 2. The van der Waals surface area contributed by atoms with Crippen molar-refractivity contribution in [3.63, 3.8) is 0 Å². The van der Waals surface area contributed by atoms with Crippen molar-refractivity contribution in [1.82, 2.24) is 10.3 Å². The van der Waals surface area contributed by atoms with E-state index in [1.54, 1.807) is 12.4 Å². The number of carbonyl (C=O) groups excluding carboxylic acids is 2. The molecule has 170 valence electrons. The number of Topliss-reactive ketones (excluding diaryl/α,β-unsaturated/α-hetero) is 1. The first-order valence-corrected chi connectivity index (χ1v) is 11.3. The Morgan fingerprint density at radius 2 is 1.68 bits per heavy atom. The molecule has 5 nitrogen and oxygen atoms in total. The average molecular weight is 454 g/mol. The van der Waals surface area contributed by atoms with Crippen molar-refractivity contribution in [3.8, 4) is 0 Å². The third-order valence-electron chi connectivity index (χ3n) is 6.48. The number of amides is 1. The van der Waals surface area contributed by atoms with Crippen LogP contribution in [0.3, 0.4) is 0 Å². The summed E-state index contributed by atoms with van der Waals surface area (Å²) < 4.78 is 13.3. The van der Waals surface area contributed by atoms with Crippen LogP contribution >= 0.6 is 0 Å². The number of nitrogens with one attached hydrogen (secondary N) is 2. The molecule has 0 fully saturated rings. The summed E-state index contributed by atoms with van der Waals surface area (Å²) in [5.41, 5.74) is 5.11. The summed E-state index contributed by atoms with van der Waals surface area (Å²) >= 11 is 0. The maximum atomic E-state index is 13.6. The molecule has 2 atom stereocenters. The van der Waals surface area contributed by atoms with E-state index in [9.17, 15) is 14.0 Å². The van der Waals surface area contributed by atoms with Crippen LogP contribution in [0.4, 0.5) is 10.1 Å². The standard InChI is InChI=1S/C28H24FN3O2/c1-17-25(28(34)32-22-9-7-21(29)8-10-22)26(19-11-13-30-14-12-19)27-23(31-17)15-20(16-24(27)33)18-5-3-2-4-6-18/h2-14,20,26,31H,15-16H2,1H3,(H,32,34)/t20-,26-/m1/s1. The summed E-state index contributed by atoms with van der Waals surface area (Å²) in [5.74, 6) is -1.10. The molecule has 1 aromatic heterocycles. The number of anilines is 1. The molecule has 2 heterocycles. The van der Waals surface area contributed by atoms with Gasteiger partial charge in [0.1, 0.15) is 5.82 Å². The zero-order valence-corrected chi connectivity index (χ0v) is 18.7. The molecule has 1 amide bonds. The van der Waals surface area contributed by atoms with E-state index in [-0.39, 0.29) is 23.4 Å². The van der Waals surface area contributed by atoms with Crippen molar-refractivity contribution in [2.24, 2.45) is 0 Å². The van der Waals surface area contributed by atoms with Gasteiger partial charge in [-0.05, 0) is 66.8 Å². The molecule has 0 spiro atoms. The largest absolute Gasteiger partial charge is 0.362 e. The molecule has 2 aromatic carbocycles. The van der Waals surface area contributed by atoms with Crippen LogP contribution in [0, 0.1) is 5.82 Å². The number of carbonyl (C=O) groups is 2. The number of allylic oxidation sites excluding steroid dienone is 3. The van der Waals surface area contributed by atoms with E-state index in [0.717, 1.165) is 16.8 Å². The van der Waals surface area contributed by atoms with Gasteiger partial charge in [0.2, 0.25) is 0 Å². The van der Waals surface area contributed by atoms with E-state index in [4.69, 9.17) is 0 Å². The average Bonchev–Trinajstić information content (AvgIpc) is 2.85. The second kappa shape index (κ2) is 9.06. The third kappa shape index (κ3) is 4.15. The minimum Gasteiger partial charge on any atom is -0.362 e. The van der Waals surface area contributed by atoms with Crippen molar-refractivity contribution in [1.29, 1.82) is 0 Å². The monoisotopic (exact) mass is 453 g/mol. The number of aromatic nitrogens is 1. The molecule has 5 rings (SSSR count). The Hall–Kier alpha value is -4.06. The molecule has 3 aromatic rings. The summed E-state index contributed by atoms with van der Waals surface area (Å²) in [5, 5.41) is 6.24. The predicted octanol–water partition coefficient (Wildman–Crippen LogP) is 5.22. The molecular weight excluding hydrogens is 429 g/mol. The molecule has 34 heavy (non-hydrogen) atoms. The molecule has 0 unspecified atom stereocenters. The van der Waals surface area contributed by atoms with E-state index in [2.05, 4.69) is 27.8 Å². The zero-order valence-electron chi connectivity index (χ0n) is 18.7. The fraction of sp³-hybridized carbons (Fsp3) is 0.179. The lowest BCUT2D eigenvalue weighted by Gasteiger charge is -2.37. The van der Waals surface area contributed by atoms with Crippen LogP contribution in [-0.2, 0) is 9.59 Å². The first-order valence-electron chi connectivity index (χ1n) is 11.3. The van der Waals surface area contributed by atoms with Crippen molar-refractivity contribution >= 4 is 17.4 Å². The van der Waals surface area contributed by atoms with E-state index < -0.39 is 5.92 Å². The van der Waals surface area contributed by atoms with Crippen molar-refractivity contribution < 1.29 is 14.0 Å². The fourth-order valence-electron chi connectivity index (χ4n) is 4.92. The lowest BCUT2D eigenvalue weighted by atomic mass is 9.71. The molecule has 2 aliphatic rings. The van der Waals surface area contributed by atoms with Gasteiger partial charge in [-0.15, -0.1) is 0 Å². The number of nitrogens with zero attached hydrogens (tertiary/aromatic N) is 1. The molecule has 0 saturated carbocycles. The third-order valence-corrected chi connectivity index (χ3v) is 6.48. The first kappa shape index (κ1) is 21.8. The predicted molar refractivity (Wildman–Crippen MR) is 128 cm³/mol. The molecule has 1 aliphatic carbocycles. The van der Waals surface area contributed by atoms with Gasteiger partial charge >= 0.3 is 0 Å². The summed E-state index contributed by atoms with van der Waals surface area (Å²) in [4.78, 5) is 31.1. The van der Waals surface area contributed by atoms with Crippen LogP contribution in [0.25, 0.3) is 0 Å².